The van der Waals surface area contributed by atoms with Crippen molar-refractivity contribution in [1.82, 2.24) is 14.8 Å². The fourth-order valence-electron chi connectivity index (χ4n) is 3.56. The fourth-order valence-corrected chi connectivity index (χ4v) is 3.69. The number of hydrogen-bond acceptors (Lipinski definition) is 5. The molecule has 1 aromatic heterocycles. The smallest absolute Gasteiger partial charge is 0.139 e. The number of rotatable bonds is 3. The van der Waals surface area contributed by atoms with E-state index >= 15 is 0 Å². The van der Waals surface area contributed by atoms with Crippen molar-refractivity contribution in [2.45, 2.75) is 13.3 Å². The van der Waals surface area contributed by atoms with Crippen LogP contribution in [0.4, 0.5) is 11.4 Å². The normalized spacial score (nSPS) is 14.1. The van der Waals surface area contributed by atoms with Crippen molar-refractivity contribution in [2.75, 3.05) is 18.5 Å². The second kappa shape index (κ2) is 7.48. The topological polar surface area (TPSA) is 72.3 Å². The van der Waals surface area contributed by atoms with Gasteiger partial charge in [-0.3, -0.25) is 9.56 Å². The molecule has 7 heteroatoms. The quantitative estimate of drug-likeness (QED) is 0.685. The molecule has 0 fully saturated rings. The number of aliphatic imine (C=N–C) groups is 1. The number of nitrogens with zero attached hydrogens (tertiary/aromatic N) is 5. The number of aromatic nitrogens is 3. The van der Waals surface area contributed by atoms with Crippen molar-refractivity contribution in [3.63, 3.8) is 0 Å². The van der Waals surface area contributed by atoms with E-state index in [1.807, 2.05) is 37.3 Å². The molecular formula is C21H21ClN6. The van der Waals surface area contributed by atoms with Crippen LogP contribution in [-0.4, -0.2) is 34.6 Å². The average molecular weight is 393 g/mol. The van der Waals surface area contributed by atoms with Gasteiger partial charge in [-0.15, -0.1) is 10.2 Å². The highest BCUT2D eigenvalue weighted by Crippen LogP contribution is 2.37. The van der Waals surface area contributed by atoms with Gasteiger partial charge in [0.1, 0.15) is 11.6 Å². The summed E-state index contributed by atoms with van der Waals surface area (Å²) in [5.74, 6) is 1.82. The van der Waals surface area contributed by atoms with Crippen LogP contribution in [0.5, 0.6) is 0 Å². The molecule has 0 saturated heterocycles. The first-order valence-corrected chi connectivity index (χ1v) is 9.43. The van der Waals surface area contributed by atoms with Crippen molar-refractivity contribution in [2.24, 2.45) is 10.7 Å². The van der Waals surface area contributed by atoms with Crippen LogP contribution in [0.25, 0.3) is 11.3 Å². The van der Waals surface area contributed by atoms with E-state index in [4.69, 9.17) is 17.3 Å². The van der Waals surface area contributed by atoms with Crippen LogP contribution in [0.15, 0.2) is 53.7 Å². The van der Waals surface area contributed by atoms with Crippen LogP contribution < -0.4 is 10.6 Å². The molecule has 0 spiro atoms. The van der Waals surface area contributed by atoms with Crippen LogP contribution in [0.3, 0.4) is 0 Å². The Morgan fingerprint density at radius 1 is 1.14 bits per heavy atom. The lowest BCUT2D eigenvalue weighted by Crippen LogP contribution is -2.19. The molecule has 142 valence electrons. The Bertz CT molecular complexity index is 1060. The van der Waals surface area contributed by atoms with Crippen LogP contribution in [-0.2, 0) is 6.42 Å². The molecule has 28 heavy (non-hydrogen) atoms. The van der Waals surface area contributed by atoms with Gasteiger partial charge in [-0.2, -0.15) is 0 Å². The molecule has 2 heterocycles. The Kier molecular flexibility index (Phi) is 4.88. The maximum atomic E-state index is 6.10. The summed E-state index contributed by atoms with van der Waals surface area (Å²) in [7, 11) is 1.74. The predicted molar refractivity (Wildman–Crippen MR) is 115 cm³/mol. The predicted octanol–water partition coefficient (Wildman–Crippen LogP) is 3.92. The monoisotopic (exact) mass is 392 g/mol. The number of aryl methyl sites for hydroxylation is 1. The minimum Gasteiger partial charge on any atom is -0.404 e. The summed E-state index contributed by atoms with van der Waals surface area (Å²) in [6.45, 7) is 2.75. The molecule has 0 unspecified atom stereocenters. The van der Waals surface area contributed by atoms with E-state index in [0.717, 1.165) is 52.8 Å². The van der Waals surface area contributed by atoms with Gasteiger partial charge in [0.2, 0.25) is 0 Å². The molecule has 2 aromatic carbocycles. The van der Waals surface area contributed by atoms with Gasteiger partial charge in [-0.25, -0.2) is 0 Å². The van der Waals surface area contributed by atoms with E-state index in [-0.39, 0.29) is 0 Å². The zero-order chi connectivity index (χ0) is 19.7. The van der Waals surface area contributed by atoms with Gasteiger partial charge in [0, 0.05) is 48.7 Å². The summed E-state index contributed by atoms with van der Waals surface area (Å²) < 4.78 is 2.12. The second-order valence-corrected chi connectivity index (χ2v) is 7.03. The van der Waals surface area contributed by atoms with Gasteiger partial charge in [-0.1, -0.05) is 17.7 Å². The SMILES string of the molecule is CN=CC(=CN)c1ccc2c(c1)N(c1ccc(Cl)cc1)CCc1nnc(C)n1-2. The van der Waals surface area contributed by atoms with Crippen molar-refractivity contribution in [3.8, 4) is 5.69 Å². The lowest BCUT2D eigenvalue weighted by molar-refractivity contribution is 0.838. The lowest BCUT2D eigenvalue weighted by Gasteiger charge is -2.26. The number of nitrogens with two attached hydrogens (primary N) is 1. The van der Waals surface area contributed by atoms with Crippen molar-refractivity contribution in [1.29, 1.82) is 0 Å². The third-order valence-electron chi connectivity index (χ3n) is 4.88. The third-order valence-corrected chi connectivity index (χ3v) is 5.13. The van der Waals surface area contributed by atoms with E-state index in [2.05, 4.69) is 36.8 Å². The molecule has 2 N–H and O–H groups in total. The van der Waals surface area contributed by atoms with E-state index in [9.17, 15) is 0 Å². The summed E-state index contributed by atoms with van der Waals surface area (Å²) in [5, 5.41) is 9.36. The first-order chi connectivity index (χ1) is 13.6. The molecule has 0 atom stereocenters. The Balaban J connectivity index is 1.93. The fraction of sp³-hybridized carbons (Fsp3) is 0.190. The van der Waals surface area contributed by atoms with E-state index in [1.165, 1.54) is 0 Å². The molecule has 3 aromatic rings. The van der Waals surface area contributed by atoms with Gasteiger partial charge < -0.3 is 10.6 Å². The lowest BCUT2D eigenvalue weighted by atomic mass is 10.0. The highest BCUT2D eigenvalue weighted by atomic mass is 35.5. The molecular weight excluding hydrogens is 372 g/mol. The summed E-state index contributed by atoms with van der Waals surface area (Å²) in [6.07, 6.45) is 4.12. The standard InChI is InChI=1S/C21H21ClN6/c1-14-25-26-21-9-10-27(18-6-4-17(22)5-7-18)20-11-15(16(12-23)13-24-2)3-8-19(20)28(14)21/h3-8,11-13H,9-10,23H2,1-2H3. The molecule has 1 aliphatic rings. The summed E-state index contributed by atoms with van der Waals surface area (Å²) in [6, 6.07) is 14.2. The van der Waals surface area contributed by atoms with Gasteiger partial charge in [0.05, 0.1) is 11.4 Å². The average Bonchev–Trinajstić information content (AvgIpc) is 2.99. The summed E-state index contributed by atoms with van der Waals surface area (Å²) >= 11 is 6.10. The second-order valence-electron chi connectivity index (χ2n) is 6.59. The highest BCUT2D eigenvalue weighted by molar-refractivity contribution is 6.30. The molecule has 0 aliphatic carbocycles. The first-order valence-electron chi connectivity index (χ1n) is 9.05. The first kappa shape index (κ1) is 18.3. The molecule has 1 aliphatic heterocycles. The van der Waals surface area contributed by atoms with Crippen LogP contribution in [0.1, 0.15) is 17.2 Å². The maximum Gasteiger partial charge on any atom is 0.139 e. The number of fused-ring (bicyclic) bond motifs is 3. The zero-order valence-electron chi connectivity index (χ0n) is 15.8. The van der Waals surface area contributed by atoms with Gasteiger partial charge in [0.25, 0.3) is 0 Å². The van der Waals surface area contributed by atoms with Crippen molar-refractivity contribution >= 4 is 34.8 Å². The van der Waals surface area contributed by atoms with E-state index < -0.39 is 0 Å². The zero-order valence-corrected chi connectivity index (χ0v) is 16.6. The summed E-state index contributed by atoms with van der Waals surface area (Å²) in [4.78, 5) is 6.39. The highest BCUT2D eigenvalue weighted by Gasteiger charge is 2.24. The van der Waals surface area contributed by atoms with E-state index in [1.54, 1.807) is 19.5 Å². The Morgan fingerprint density at radius 3 is 2.64 bits per heavy atom. The molecule has 4 rings (SSSR count). The van der Waals surface area contributed by atoms with Crippen molar-refractivity contribution < 1.29 is 0 Å². The Labute approximate surface area is 169 Å². The largest absolute Gasteiger partial charge is 0.404 e. The molecule has 0 bridgehead atoms. The van der Waals surface area contributed by atoms with Crippen LogP contribution >= 0.6 is 11.6 Å². The number of hydrogen-bond donors (Lipinski definition) is 1. The van der Waals surface area contributed by atoms with Gasteiger partial charge in [-0.05, 0) is 48.9 Å². The molecule has 6 nitrogen and oxygen atoms in total. The van der Waals surface area contributed by atoms with Crippen LogP contribution in [0, 0.1) is 6.92 Å². The van der Waals surface area contributed by atoms with Gasteiger partial charge in [0.15, 0.2) is 0 Å². The third kappa shape index (κ3) is 3.16. The maximum absolute atomic E-state index is 6.10. The van der Waals surface area contributed by atoms with Crippen molar-refractivity contribution in [3.05, 3.63) is 70.9 Å². The Hall–Kier alpha value is -3.12. The Morgan fingerprint density at radius 2 is 1.93 bits per heavy atom. The minimum atomic E-state index is 0.716. The summed E-state index contributed by atoms with van der Waals surface area (Å²) in [5.41, 5.74) is 10.9. The molecule has 0 saturated carbocycles. The number of allylic oxidation sites excluding steroid dienone is 1. The minimum absolute atomic E-state index is 0.716. The molecule has 0 amide bonds. The van der Waals surface area contributed by atoms with Gasteiger partial charge >= 0.3 is 0 Å². The number of halogens is 1. The number of benzene rings is 2. The van der Waals surface area contributed by atoms with E-state index in [0.29, 0.717) is 5.02 Å². The molecule has 0 radical (unpaired) electrons. The van der Waals surface area contributed by atoms with Crippen LogP contribution in [0.2, 0.25) is 5.02 Å². The number of anilines is 2.